The summed E-state index contributed by atoms with van der Waals surface area (Å²) < 4.78 is 5.20. The Balaban J connectivity index is 2.38. The number of hydrogen-bond acceptors (Lipinski definition) is 4. The third kappa shape index (κ3) is 4.01. The van der Waals surface area contributed by atoms with Crippen LogP contribution in [0.25, 0.3) is 11.1 Å². The molecule has 0 atom stereocenters. The molecule has 118 valence electrons. The van der Waals surface area contributed by atoms with Gasteiger partial charge in [0.05, 0.1) is 0 Å². The molecule has 2 aromatic rings. The lowest BCUT2D eigenvalue weighted by atomic mass is 10.0. The average molecular weight is 333 g/mol. The smallest absolute Gasteiger partial charge is 0.322 e. The van der Waals surface area contributed by atoms with Gasteiger partial charge in [-0.05, 0) is 36.2 Å². The molecule has 0 fully saturated rings. The number of carbonyl (C=O) groups is 2. The Morgan fingerprint density at radius 1 is 1.39 bits per heavy atom. The summed E-state index contributed by atoms with van der Waals surface area (Å²) in [5, 5.41) is 11.4. The van der Waals surface area contributed by atoms with E-state index < -0.39 is 18.4 Å². The van der Waals surface area contributed by atoms with Crippen molar-refractivity contribution in [3.05, 3.63) is 46.7 Å². The summed E-state index contributed by atoms with van der Waals surface area (Å²) in [6.45, 7) is 1.45. The summed E-state index contributed by atoms with van der Waals surface area (Å²) in [5.41, 5.74) is 2.65. The molecule has 0 radical (unpaired) electrons. The second-order valence-corrected chi connectivity index (χ2v) is 5.25. The molecule has 23 heavy (non-hydrogen) atoms. The van der Waals surface area contributed by atoms with E-state index in [2.05, 4.69) is 10.3 Å². The molecule has 8 heteroatoms. The van der Waals surface area contributed by atoms with E-state index in [9.17, 15) is 9.59 Å². The number of aromatic nitrogens is 1. The fraction of sp³-hybridized carbons (Fsp3) is 0.133. The van der Waals surface area contributed by atoms with E-state index in [1.54, 1.807) is 18.2 Å². The van der Waals surface area contributed by atoms with Crippen molar-refractivity contribution < 1.29 is 19.3 Å². The highest BCUT2D eigenvalue weighted by Gasteiger charge is 2.16. The van der Waals surface area contributed by atoms with Crippen LogP contribution in [0.2, 0.25) is 5.02 Å². The van der Waals surface area contributed by atoms with Gasteiger partial charge in [-0.1, -0.05) is 17.7 Å². The standard InChI is InChI=1S/C15H14BClN2O4/c1-8-2-3-10(17)5-11(8)9-4-12(23-16)14(18-6-9)15(22)19-7-13(20)21/h2-6H,7,16H2,1H3,(H,19,22)(H,20,21). The van der Waals surface area contributed by atoms with E-state index in [1.165, 1.54) is 14.2 Å². The molecule has 0 unspecified atom stereocenters. The molecule has 0 aliphatic rings. The van der Waals surface area contributed by atoms with Crippen LogP contribution in [0.5, 0.6) is 5.75 Å². The number of rotatable bonds is 5. The molecule has 0 saturated carbocycles. The van der Waals surface area contributed by atoms with Crippen molar-refractivity contribution in [1.82, 2.24) is 10.3 Å². The van der Waals surface area contributed by atoms with Gasteiger partial charge in [0.2, 0.25) is 0 Å². The van der Waals surface area contributed by atoms with Gasteiger partial charge in [0.1, 0.15) is 12.3 Å². The second-order valence-electron chi connectivity index (χ2n) is 4.81. The van der Waals surface area contributed by atoms with Crippen molar-refractivity contribution in [2.24, 2.45) is 0 Å². The van der Waals surface area contributed by atoms with Crippen LogP contribution >= 0.6 is 11.6 Å². The largest absolute Gasteiger partial charge is 0.566 e. The zero-order chi connectivity index (χ0) is 17.0. The lowest BCUT2D eigenvalue weighted by molar-refractivity contribution is -0.135. The number of aliphatic carboxylic acids is 1. The first-order valence-electron chi connectivity index (χ1n) is 6.73. The number of aryl methyl sites for hydroxylation is 1. The van der Waals surface area contributed by atoms with E-state index >= 15 is 0 Å². The Labute approximate surface area is 138 Å². The van der Waals surface area contributed by atoms with Gasteiger partial charge in [-0.2, -0.15) is 0 Å². The molecular weight excluding hydrogens is 318 g/mol. The van der Waals surface area contributed by atoms with Gasteiger partial charge in [-0.3, -0.25) is 9.59 Å². The maximum Gasteiger partial charge on any atom is 0.322 e. The molecular formula is C15H14BClN2O4. The molecule has 1 aromatic carbocycles. The van der Waals surface area contributed by atoms with Crippen LogP contribution in [0.3, 0.4) is 0 Å². The number of nitrogens with zero attached hydrogens (tertiary/aromatic N) is 1. The second kappa shape index (κ2) is 7.15. The Bertz CT molecular complexity index is 767. The maximum absolute atomic E-state index is 12.0. The minimum absolute atomic E-state index is 0.0252. The van der Waals surface area contributed by atoms with Gasteiger partial charge in [0.15, 0.2) is 5.69 Å². The van der Waals surface area contributed by atoms with Crippen molar-refractivity contribution in [1.29, 1.82) is 0 Å². The van der Waals surface area contributed by atoms with E-state index in [-0.39, 0.29) is 11.4 Å². The molecule has 2 N–H and O–H groups in total. The summed E-state index contributed by atoms with van der Waals surface area (Å²) in [7, 11) is 1.42. The first kappa shape index (κ1) is 16.8. The number of carbonyl (C=O) groups excluding carboxylic acids is 1. The highest BCUT2D eigenvalue weighted by molar-refractivity contribution is 6.30. The van der Waals surface area contributed by atoms with Crippen molar-refractivity contribution in [3.8, 4) is 16.9 Å². The summed E-state index contributed by atoms with van der Waals surface area (Å²) in [4.78, 5) is 26.6. The van der Waals surface area contributed by atoms with Crippen LogP contribution in [-0.4, -0.2) is 36.6 Å². The topological polar surface area (TPSA) is 88.5 Å². The molecule has 0 aliphatic carbocycles. The summed E-state index contributed by atoms with van der Waals surface area (Å²) in [6.07, 6.45) is 1.52. The number of halogens is 1. The van der Waals surface area contributed by atoms with Crippen molar-refractivity contribution in [2.75, 3.05) is 6.54 Å². The fourth-order valence-electron chi connectivity index (χ4n) is 2.06. The van der Waals surface area contributed by atoms with Crippen molar-refractivity contribution in [2.45, 2.75) is 6.92 Å². The zero-order valence-corrected chi connectivity index (χ0v) is 13.3. The number of hydrogen-bond donors (Lipinski definition) is 2. The number of amides is 1. The van der Waals surface area contributed by atoms with E-state index in [4.69, 9.17) is 21.4 Å². The van der Waals surface area contributed by atoms with Crippen LogP contribution in [0.15, 0.2) is 30.5 Å². The Hall–Kier alpha value is -2.54. The number of carboxylic acids is 1. The van der Waals surface area contributed by atoms with Gasteiger partial charge >= 0.3 is 14.0 Å². The number of nitrogens with one attached hydrogen (secondary N) is 1. The van der Waals surface area contributed by atoms with Crippen LogP contribution < -0.4 is 9.97 Å². The highest BCUT2D eigenvalue weighted by atomic mass is 35.5. The normalized spacial score (nSPS) is 10.2. The van der Waals surface area contributed by atoms with Crippen molar-refractivity contribution >= 4 is 31.5 Å². The maximum atomic E-state index is 12.0. The lowest BCUT2D eigenvalue weighted by Gasteiger charge is -2.12. The van der Waals surface area contributed by atoms with Crippen LogP contribution in [0.4, 0.5) is 0 Å². The first-order chi connectivity index (χ1) is 10.9. The third-order valence-corrected chi connectivity index (χ3v) is 3.43. The minimum atomic E-state index is -1.14. The molecule has 0 spiro atoms. The quantitative estimate of drug-likeness (QED) is 0.809. The molecule has 0 bridgehead atoms. The predicted molar refractivity (Wildman–Crippen MR) is 88.6 cm³/mol. The van der Waals surface area contributed by atoms with Gasteiger partial charge in [-0.15, -0.1) is 0 Å². The summed E-state index contributed by atoms with van der Waals surface area (Å²) >= 11 is 6.02. The average Bonchev–Trinajstić information content (AvgIpc) is 2.54. The molecule has 0 saturated heterocycles. The zero-order valence-electron chi connectivity index (χ0n) is 12.6. The number of pyridine rings is 1. The van der Waals surface area contributed by atoms with Crippen molar-refractivity contribution in [3.63, 3.8) is 0 Å². The molecule has 1 heterocycles. The molecule has 0 aliphatic heterocycles. The van der Waals surface area contributed by atoms with Gasteiger partial charge in [0, 0.05) is 16.8 Å². The van der Waals surface area contributed by atoms with Crippen LogP contribution in [-0.2, 0) is 4.79 Å². The molecule has 1 aromatic heterocycles. The van der Waals surface area contributed by atoms with Gasteiger partial charge in [0.25, 0.3) is 5.91 Å². The SMILES string of the molecule is BOc1cc(-c2cc(Cl)ccc2C)cnc1C(=O)NCC(=O)O. The number of benzene rings is 1. The van der Waals surface area contributed by atoms with E-state index in [1.807, 2.05) is 13.0 Å². The van der Waals surface area contributed by atoms with Gasteiger partial charge < -0.3 is 15.1 Å². The lowest BCUT2D eigenvalue weighted by Crippen LogP contribution is -2.30. The van der Waals surface area contributed by atoms with Crippen LogP contribution in [0, 0.1) is 6.92 Å². The van der Waals surface area contributed by atoms with E-state index in [0.717, 1.165) is 16.7 Å². The minimum Gasteiger partial charge on any atom is -0.566 e. The Morgan fingerprint density at radius 3 is 2.78 bits per heavy atom. The number of carboxylic acid groups (broad SMARTS) is 1. The van der Waals surface area contributed by atoms with E-state index in [0.29, 0.717) is 5.02 Å². The predicted octanol–water partition coefficient (Wildman–Crippen LogP) is 1.45. The molecule has 6 nitrogen and oxygen atoms in total. The van der Waals surface area contributed by atoms with Gasteiger partial charge in [-0.25, -0.2) is 4.98 Å². The first-order valence-corrected chi connectivity index (χ1v) is 7.10. The highest BCUT2D eigenvalue weighted by Crippen LogP contribution is 2.29. The Morgan fingerprint density at radius 2 is 2.13 bits per heavy atom. The Kier molecular flexibility index (Phi) is 5.23. The fourth-order valence-corrected chi connectivity index (χ4v) is 2.23. The monoisotopic (exact) mass is 332 g/mol. The third-order valence-electron chi connectivity index (χ3n) is 3.20. The van der Waals surface area contributed by atoms with Crippen LogP contribution in [0.1, 0.15) is 16.1 Å². The summed E-state index contributed by atoms with van der Waals surface area (Å²) in [6, 6.07) is 7.15. The molecule has 2 rings (SSSR count). The summed E-state index contributed by atoms with van der Waals surface area (Å²) in [5.74, 6) is -1.49. The molecule has 1 amide bonds.